The van der Waals surface area contributed by atoms with E-state index < -0.39 is 16.1 Å². The number of rotatable bonds is 7. The maximum atomic E-state index is 14.0. The standard InChI is InChI=1S/C24H24ClNO6S/c1-15-19(25)6-5-7-24(15)33(27,28)26(18-9-11-21-23(13-18)32-14-31-21)16(2)17-8-10-20(29-3)22(12-17)30-4/h5-13,16H,14H2,1-4H3. The van der Waals surface area contributed by atoms with Crippen LogP contribution in [0.3, 0.4) is 0 Å². The van der Waals surface area contributed by atoms with Crippen molar-refractivity contribution in [3.63, 3.8) is 0 Å². The Labute approximate surface area is 198 Å². The van der Waals surface area contributed by atoms with Gasteiger partial charge in [0.2, 0.25) is 6.79 Å². The van der Waals surface area contributed by atoms with E-state index in [-0.39, 0.29) is 11.7 Å². The van der Waals surface area contributed by atoms with E-state index in [9.17, 15) is 8.42 Å². The molecule has 4 rings (SSSR count). The van der Waals surface area contributed by atoms with Crippen molar-refractivity contribution in [1.29, 1.82) is 0 Å². The molecule has 1 heterocycles. The zero-order valence-electron chi connectivity index (χ0n) is 18.7. The maximum absolute atomic E-state index is 14.0. The van der Waals surface area contributed by atoms with E-state index in [4.69, 9.17) is 30.5 Å². The fourth-order valence-electron chi connectivity index (χ4n) is 3.81. The lowest BCUT2D eigenvalue weighted by Crippen LogP contribution is -2.34. The maximum Gasteiger partial charge on any atom is 0.265 e. The summed E-state index contributed by atoms with van der Waals surface area (Å²) in [4.78, 5) is 0.125. The topological polar surface area (TPSA) is 74.3 Å². The van der Waals surface area contributed by atoms with E-state index in [1.807, 2.05) is 13.0 Å². The third kappa shape index (κ3) is 4.16. The van der Waals surface area contributed by atoms with Crippen LogP contribution in [0, 0.1) is 6.92 Å². The van der Waals surface area contributed by atoms with Crippen molar-refractivity contribution in [1.82, 2.24) is 0 Å². The van der Waals surface area contributed by atoms with Crippen LogP contribution in [0.1, 0.15) is 24.1 Å². The van der Waals surface area contributed by atoms with Crippen molar-refractivity contribution in [3.8, 4) is 23.0 Å². The Kier molecular flexibility index (Phi) is 6.32. The molecule has 1 unspecified atom stereocenters. The minimum absolute atomic E-state index is 0.0875. The molecule has 174 valence electrons. The highest BCUT2D eigenvalue weighted by atomic mass is 35.5. The zero-order valence-corrected chi connectivity index (χ0v) is 20.2. The Bertz CT molecular complexity index is 1290. The molecule has 0 amide bonds. The molecule has 9 heteroatoms. The van der Waals surface area contributed by atoms with Gasteiger partial charge in [0.15, 0.2) is 23.0 Å². The molecule has 0 spiro atoms. The van der Waals surface area contributed by atoms with Crippen LogP contribution in [0.2, 0.25) is 5.02 Å². The van der Waals surface area contributed by atoms with Gasteiger partial charge in [0, 0.05) is 11.1 Å². The third-order valence-corrected chi connectivity index (χ3v) is 8.06. The second-order valence-electron chi connectivity index (χ2n) is 7.49. The first-order chi connectivity index (χ1) is 15.8. The molecule has 0 fully saturated rings. The number of ether oxygens (including phenoxy) is 4. The average molecular weight is 490 g/mol. The molecular weight excluding hydrogens is 466 g/mol. The van der Waals surface area contributed by atoms with Crippen LogP contribution in [0.25, 0.3) is 0 Å². The first-order valence-electron chi connectivity index (χ1n) is 10.2. The summed E-state index contributed by atoms with van der Waals surface area (Å²) in [5, 5.41) is 0.375. The summed E-state index contributed by atoms with van der Waals surface area (Å²) in [6.07, 6.45) is 0. The molecule has 33 heavy (non-hydrogen) atoms. The molecule has 0 saturated carbocycles. The number of nitrogens with zero attached hydrogens (tertiary/aromatic N) is 1. The Morgan fingerprint density at radius 2 is 1.70 bits per heavy atom. The van der Waals surface area contributed by atoms with E-state index in [2.05, 4.69) is 0 Å². The molecule has 1 atom stereocenters. The molecule has 3 aromatic rings. The fraction of sp³-hybridized carbons (Fsp3) is 0.250. The van der Waals surface area contributed by atoms with Crippen LogP contribution < -0.4 is 23.3 Å². The van der Waals surface area contributed by atoms with Gasteiger partial charge in [0.25, 0.3) is 10.0 Å². The fourth-order valence-corrected chi connectivity index (χ4v) is 5.93. The summed E-state index contributed by atoms with van der Waals surface area (Å²) in [6, 6.07) is 14.6. The molecule has 3 aromatic carbocycles. The van der Waals surface area contributed by atoms with Crippen LogP contribution >= 0.6 is 11.6 Å². The van der Waals surface area contributed by atoms with E-state index >= 15 is 0 Å². The number of hydrogen-bond donors (Lipinski definition) is 0. The second-order valence-corrected chi connectivity index (χ2v) is 9.68. The highest BCUT2D eigenvalue weighted by Crippen LogP contribution is 2.42. The van der Waals surface area contributed by atoms with E-state index in [1.54, 1.807) is 62.6 Å². The number of benzene rings is 3. The largest absolute Gasteiger partial charge is 0.493 e. The first kappa shape index (κ1) is 23.1. The summed E-state index contributed by atoms with van der Waals surface area (Å²) in [7, 11) is -0.943. The van der Waals surface area contributed by atoms with Crippen molar-refractivity contribution in [3.05, 3.63) is 70.7 Å². The van der Waals surface area contributed by atoms with E-state index in [0.717, 1.165) is 0 Å². The van der Waals surface area contributed by atoms with Gasteiger partial charge in [-0.05, 0) is 61.4 Å². The molecule has 0 bridgehead atoms. The van der Waals surface area contributed by atoms with Crippen LogP contribution in [0.4, 0.5) is 5.69 Å². The number of methoxy groups -OCH3 is 2. The molecule has 1 aliphatic rings. The van der Waals surface area contributed by atoms with Crippen LogP contribution in [-0.4, -0.2) is 29.4 Å². The quantitative estimate of drug-likeness (QED) is 0.445. The number of anilines is 1. The summed E-state index contributed by atoms with van der Waals surface area (Å²) < 4.78 is 51.1. The highest BCUT2D eigenvalue weighted by Gasteiger charge is 2.33. The third-order valence-electron chi connectivity index (χ3n) is 5.61. The monoisotopic (exact) mass is 489 g/mol. The van der Waals surface area contributed by atoms with Gasteiger partial charge in [-0.2, -0.15) is 0 Å². The number of halogens is 1. The first-order valence-corrected chi connectivity index (χ1v) is 12.0. The van der Waals surface area contributed by atoms with E-state index in [1.165, 1.54) is 11.4 Å². The van der Waals surface area contributed by atoms with Gasteiger partial charge >= 0.3 is 0 Å². The molecular formula is C24H24ClNO6S. The smallest absolute Gasteiger partial charge is 0.265 e. The van der Waals surface area contributed by atoms with Gasteiger partial charge in [-0.25, -0.2) is 8.42 Å². The molecule has 1 aliphatic heterocycles. The minimum atomic E-state index is -4.03. The van der Waals surface area contributed by atoms with Gasteiger partial charge in [0.05, 0.1) is 30.8 Å². The van der Waals surface area contributed by atoms with Gasteiger partial charge in [0.1, 0.15) is 0 Å². The Hall–Kier alpha value is -3.10. The predicted molar refractivity (Wildman–Crippen MR) is 126 cm³/mol. The van der Waals surface area contributed by atoms with E-state index in [0.29, 0.717) is 44.8 Å². The lowest BCUT2D eigenvalue weighted by molar-refractivity contribution is 0.174. The van der Waals surface area contributed by atoms with Crippen molar-refractivity contribution in [2.75, 3.05) is 25.3 Å². The second kappa shape index (κ2) is 9.03. The Morgan fingerprint density at radius 1 is 0.970 bits per heavy atom. The van der Waals surface area contributed by atoms with Crippen molar-refractivity contribution in [2.45, 2.75) is 24.8 Å². The van der Waals surface area contributed by atoms with Gasteiger partial charge < -0.3 is 18.9 Å². The van der Waals surface area contributed by atoms with Gasteiger partial charge in [-0.15, -0.1) is 0 Å². The Balaban J connectivity index is 1.89. The lowest BCUT2D eigenvalue weighted by atomic mass is 10.1. The van der Waals surface area contributed by atoms with Crippen molar-refractivity contribution in [2.24, 2.45) is 0 Å². The number of fused-ring (bicyclic) bond motifs is 1. The van der Waals surface area contributed by atoms with Crippen molar-refractivity contribution < 1.29 is 27.4 Å². The summed E-state index contributed by atoms with van der Waals surface area (Å²) in [5.74, 6) is 2.10. The SMILES string of the molecule is COc1ccc(C(C)N(c2ccc3c(c2)OCO3)S(=O)(=O)c2cccc(Cl)c2C)cc1OC. The van der Waals surface area contributed by atoms with Crippen molar-refractivity contribution >= 4 is 27.3 Å². The minimum Gasteiger partial charge on any atom is -0.493 e. The summed E-state index contributed by atoms with van der Waals surface area (Å²) in [6.45, 7) is 3.58. The number of sulfonamides is 1. The van der Waals surface area contributed by atoms with Gasteiger partial charge in [-0.1, -0.05) is 23.7 Å². The molecule has 7 nitrogen and oxygen atoms in total. The van der Waals surface area contributed by atoms with Crippen LogP contribution in [-0.2, 0) is 10.0 Å². The molecule has 0 aliphatic carbocycles. The van der Waals surface area contributed by atoms with Crippen LogP contribution in [0.5, 0.6) is 23.0 Å². The van der Waals surface area contributed by atoms with Gasteiger partial charge in [-0.3, -0.25) is 4.31 Å². The van der Waals surface area contributed by atoms with Crippen LogP contribution in [0.15, 0.2) is 59.5 Å². The Morgan fingerprint density at radius 3 is 2.42 bits per heavy atom. The molecule has 0 radical (unpaired) electrons. The predicted octanol–water partition coefficient (Wildman–Crippen LogP) is 5.35. The molecule has 0 saturated heterocycles. The molecule has 0 N–H and O–H groups in total. The normalized spacial score (nSPS) is 13.5. The summed E-state index contributed by atoms with van der Waals surface area (Å²) >= 11 is 6.27. The number of hydrogen-bond acceptors (Lipinski definition) is 6. The highest BCUT2D eigenvalue weighted by molar-refractivity contribution is 7.93. The summed E-state index contributed by atoms with van der Waals surface area (Å²) in [5.41, 5.74) is 1.62. The average Bonchev–Trinajstić information content (AvgIpc) is 3.28. The molecule has 0 aromatic heterocycles. The lowest BCUT2D eigenvalue weighted by Gasteiger charge is -2.32. The zero-order chi connectivity index (χ0) is 23.8.